The summed E-state index contributed by atoms with van der Waals surface area (Å²) < 4.78 is 0. The summed E-state index contributed by atoms with van der Waals surface area (Å²) in [4.78, 5) is 6.81. The van der Waals surface area contributed by atoms with Gasteiger partial charge in [0.2, 0.25) is 0 Å². The Balaban J connectivity index is 1.86. The lowest BCUT2D eigenvalue weighted by Crippen LogP contribution is -2.46. The number of nitrogens with one attached hydrogen (secondary N) is 1. The molecule has 1 aliphatic heterocycles. The summed E-state index contributed by atoms with van der Waals surface area (Å²) in [6.45, 7) is 3.15. The lowest BCUT2D eigenvalue weighted by Gasteiger charge is -2.36. The van der Waals surface area contributed by atoms with Gasteiger partial charge in [0.05, 0.1) is 0 Å². The van der Waals surface area contributed by atoms with Crippen LogP contribution in [0.15, 0.2) is 0 Å². The monoisotopic (exact) mass is 242 g/mol. The van der Waals surface area contributed by atoms with E-state index in [2.05, 4.69) is 22.2 Å². The van der Waals surface area contributed by atoms with Crippen LogP contribution in [0.2, 0.25) is 5.15 Å². The molecule has 6 heteroatoms. The number of rotatable bonds is 3. The summed E-state index contributed by atoms with van der Waals surface area (Å²) in [5, 5.41) is 13.0. The van der Waals surface area contributed by atoms with Crippen LogP contribution < -0.4 is 5.32 Å². The summed E-state index contributed by atoms with van der Waals surface area (Å²) in [5.41, 5.74) is 0. The van der Waals surface area contributed by atoms with Gasteiger partial charge in [0, 0.05) is 25.6 Å². The van der Waals surface area contributed by atoms with Crippen LogP contribution in [-0.4, -0.2) is 36.6 Å². The molecule has 2 rings (SSSR count). The molecule has 0 amide bonds. The van der Waals surface area contributed by atoms with Crippen LogP contribution in [0, 0.1) is 17.2 Å². The highest BCUT2D eigenvalue weighted by atomic mass is 35.5. The smallest absolute Gasteiger partial charge is 0.185 e. The molecule has 0 aromatic carbocycles. The number of nitrogens with zero attached hydrogens (tertiary/aromatic N) is 3. The Morgan fingerprint density at radius 1 is 1.73 bits per heavy atom. The zero-order chi connectivity index (χ0) is 10.8. The molecule has 15 heavy (non-hydrogen) atoms. The number of likely N-dealkylation sites (tertiary alicyclic amines) is 1. The van der Waals surface area contributed by atoms with Gasteiger partial charge in [-0.2, -0.15) is 5.26 Å². The average Bonchev–Trinajstić information content (AvgIpc) is 2.52. The van der Waals surface area contributed by atoms with Gasteiger partial charge in [-0.3, -0.25) is 0 Å². The maximum atomic E-state index is 8.70. The van der Waals surface area contributed by atoms with Crippen molar-refractivity contribution in [1.29, 1.82) is 5.26 Å². The molecule has 0 aliphatic carbocycles. The predicted molar refractivity (Wildman–Crippen MR) is 61.3 cm³/mol. The fourth-order valence-electron chi connectivity index (χ4n) is 1.63. The van der Waals surface area contributed by atoms with E-state index in [4.69, 9.17) is 16.9 Å². The first-order chi connectivity index (χ1) is 7.19. The largest absolute Gasteiger partial charge is 0.361 e. The van der Waals surface area contributed by atoms with Gasteiger partial charge < -0.3 is 10.2 Å². The highest BCUT2D eigenvalue weighted by Gasteiger charge is 2.23. The van der Waals surface area contributed by atoms with Crippen LogP contribution in [0.5, 0.6) is 0 Å². The zero-order valence-corrected chi connectivity index (χ0v) is 9.90. The molecular formula is C9H11ClN4S. The van der Waals surface area contributed by atoms with Gasteiger partial charge in [0.25, 0.3) is 0 Å². The summed E-state index contributed by atoms with van der Waals surface area (Å²) in [6.07, 6.45) is 0. The van der Waals surface area contributed by atoms with E-state index in [0.29, 0.717) is 15.9 Å². The number of anilines is 1. The lowest BCUT2D eigenvalue weighted by molar-refractivity contribution is 0.144. The molecule has 0 saturated carbocycles. The number of hydrogen-bond donors (Lipinski definition) is 1. The van der Waals surface area contributed by atoms with Crippen molar-refractivity contribution in [3.05, 3.63) is 10.0 Å². The van der Waals surface area contributed by atoms with Gasteiger partial charge in [-0.05, 0) is 7.05 Å². The van der Waals surface area contributed by atoms with E-state index in [1.165, 1.54) is 11.3 Å². The van der Waals surface area contributed by atoms with E-state index in [9.17, 15) is 0 Å². The van der Waals surface area contributed by atoms with Crippen molar-refractivity contribution in [3.8, 4) is 6.07 Å². The topological polar surface area (TPSA) is 52.0 Å². The molecule has 0 atom stereocenters. The molecule has 0 unspecified atom stereocenters. The Hall–Kier alpha value is -0.830. The van der Waals surface area contributed by atoms with Crippen LogP contribution in [0.4, 0.5) is 5.13 Å². The van der Waals surface area contributed by atoms with Gasteiger partial charge >= 0.3 is 0 Å². The van der Waals surface area contributed by atoms with Gasteiger partial charge in [-0.15, -0.1) is 0 Å². The Morgan fingerprint density at radius 2 is 2.47 bits per heavy atom. The zero-order valence-electron chi connectivity index (χ0n) is 8.33. The van der Waals surface area contributed by atoms with Gasteiger partial charge in [0.1, 0.15) is 10.9 Å². The van der Waals surface area contributed by atoms with Crippen molar-refractivity contribution in [1.82, 2.24) is 9.88 Å². The molecule has 0 spiro atoms. The fourth-order valence-corrected chi connectivity index (χ4v) is 2.59. The van der Waals surface area contributed by atoms with Crippen molar-refractivity contribution in [2.45, 2.75) is 0 Å². The maximum absolute atomic E-state index is 8.70. The molecule has 0 radical (unpaired) electrons. The lowest BCUT2D eigenvalue weighted by atomic mass is 10.0. The highest BCUT2D eigenvalue weighted by molar-refractivity contribution is 7.16. The third-order valence-electron chi connectivity index (χ3n) is 2.37. The summed E-state index contributed by atoms with van der Waals surface area (Å²) in [7, 11) is 2.10. The normalized spacial score (nSPS) is 17.1. The van der Waals surface area contributed by atoms with E-state index < -0.39 is 0 Å². The molecule has 80 valence electrons. The number of hydrogen-bond acceptors (Lipinski definition) is 5. The summed E-state index contributed by atoms with van der Waals surface area (Å²) in [5.74, 6) is 0.684. The third kappa shape index (κ3) is 2.40. The Morgan fingerprint density at radius 3 is 3.00 bits per heavy atom. The minimum absolute atomic E-state index is 0.302. The van der Waals surface area contributed by atoms with Crippen LogP contribution >= 0.6 is 22.9 Å². The molecule has 1 fully saturated rings. The van der Waals surface area contributed by atoms with Crippen molar-refractivity contribution in [2.75, 3.05) is 32.0 Å². The van der Waals surface area contributed by atoms with Crippen molar-refractivity contribution >= 4 is 28.1 Å². The van der Waals surface area contributed by atoms with E-state index in [1.807, 2.05) is 6.07 Å². The van der Waals surface area contributed by atoms with Crippen molar-refractivity contribution in [3.63, 3.8) is 0 Å². The van der Waals surface area contributed by atoms with Crippen LogP contribution in [0.1, 0.15) is 4.88 Å². The fraction of sp³-hybridized carbons (Fsp3) is 0.556. The number of nitriles is 1. The second kappa shape index (κ2) is 4.35. The number of halogens is 1. The molecule has 1 aliphatic rings. The number of thiazole rings is 1. The second-order valence-corrected chi connectivity index (χ2v) is 5.08. The van der Waals surface area contributed by atoms with E-state index in [1.54, 1.807) is 0 Å². The third-order valence-corrected chi connectivity index (χ3v) is 3.67. The molecule has 1 saturated heterocycles. The average molecular weight is 243 g/mol. The first kappa shape index (κ1) is 10.7. The molecule has 0 bridgehead atoms. The molecule has 4 nitrogen and oxygen atoms in total. The quantitative estimate of drug-likeness (QED) is 0.876. The van der Waals surface area contributed by atoms with E-state index in [0.717, 1.165) is 24.8 Å². The Bertz CT molecular complexity index is 391. The van der Waals surface area contributed by atoms with Gasteiger partial charge in [-0.25, -0.2) is 4.98 Å². The van der Waals surface area contributed by atoms with Crippen molar-refractivity contribution < 1.29 is 0 Å². The molecule has 1 N–H and O–H groups in total. The van der Waals surface area contributed by atoms with E-state index >= 15 is 0 Å². The molecular weight excluding hydrogens is 232 g/mol. The Labute approximate surface area is 97.5 Å². The van der Waals surface area contributed by atoms with E-state index in [-0.39, 0.29) is 0 Å². The first-order valence-corrected chi connectivity index (χ1v) is 5.87. The first-order valence-electron chi connectivity index (χ1n) is 4.68. The highest BCUT2D eigenvalue weighted by Crippen LogP contribution is 2.26. The Kier molecular flexibility index (Phi) is 3.10. The minimum atomic E-state index is 0.302. The van der Waals surface area contributed by atoms with Crippen LogP contribution in [-0.2, 0) is 0 Å². The minimum Gasteiger partial charge on any atom is -0.361 e. The SMILES string of the molecule is CN1CC(CNc2nc(Cl)c(C#N)s2)C1. The van der Waals surface area contributed by atoms with Crippen molar-refractivity contribution in [2.24, 2.45) is 5.92 Å². The molecule has 1 aromatic rings. The molecule has 1 aromatic heterocycles. The van der Waals surface area contributed by atoms with Crippen LogP contribution in [0.3, 0.4) is 0 Å². The summed E-state index contributed by atoms with van der Waals surface area (Å²) in [6, 6.07) is 2.01. The number of aromatic nitrogens is 1. The predicted octanol–water partition coefficient (Wildman–Crippen LogP) is 1.64. The summed E-state index contributed by atoms with van der Waals surface area (Å²) >= 11 is 7.07. The standard InChI is InChI=1S/C9H11ClN4S/c1-14-4-6(5-14)3-12-9-13-8(10)7(2-11)15-9/h6H,3-5H2,1H3,(H,12,13). The van der Waals surface area contributed by atoms with Gasteiger partial charge in [0.15, 0.2) is 10.3 Å². The second-order valence-electron chi connectivity index (χ2n) is 3.72. The molecule has 2 heterocycles. The van der Waals surface area contributed by atoms with Gasteiger partial charge in [-0.1, -0.05) is 22.9 Å². The maximum Gasteiger partial charge on any atom is 0.185 e. The van der Waals surface area contributed by atoms with Crippen LogP contribution in [0.25, 0.3) is 0 Å².